The lowest BCUT2D eigenvalue weighted by Crippen LogP contribution is -2.33. The molecule has 23 heavy (non-hydrogen) atoms. The molecule has 0 spiro atoms. The van der Waals surface area contributed by atoms with Crippen LogP contribution in [-0.2, 0) is 4.52 Å². The Bertz CT molecular complexity index is 228. The Kier molecular flexibility index (Phi) is 17.4. The molecule has 0 bridgehead atoms. The number of nitrogens with zero attached hydrogens (tertiary/aromatic N) is 1. The second-order valence-corrected chi connectivity index (χ2v) is 8.93. The first-order valence-electron chi connectivity index (χ1n) is 10.2. The van der Waals surface area contributed by atoms with Gasteiger partial charge in [-0.2, -0.15) is 0 Å². The minimum atomic E-state index is 0.667. The molecule has 0 aromatic heterocycles. The third-order valence-corrected chi connectivity index (χ3v) is 5.73. The van der Waals surface area contributed by atoms with Crippen LogP contribution in [0, 0.1) is 0 Å². The molecule has 0 fully saturated rings. The summed E-state index contributed by atoms with van der Waals surface area (Å²) in [4.78, 5) is 0. The maximum absolute atomic E-state index is 5.73. The Balaban J connectivity index is 3.00. The molecule has 2 nitrogen and oxygen atoms in total. The standard InChI is InChI=1S/C20H45NOP/c1-5-6-7-8-9-10-11-12-13-14-15-16-17-18-19-22-23-20-21(2,3)4/h23H,5-20H2,1-4H3/q+1. The second kappa shape index (κ2) is 17.2. The zero-order chi connectivity index (χ0) is 17.2. The van der Waals surface area contributed by atoms with Crippen LogP contribution in [0.4, 0.5) is 0 Å². The van der Waals surface area contributed by atoms with Gasteiger partial charge in [-0.05, 0) is 6.42 Å². The Labute approximate surface area is 149 Å². The Morgan fingerprint density at radius 3 is 1.39 bits per heavy atom. The number of hydrogen-bond acceptors (Lipinski definition) is 1. The van der Waals surface area contributed by atoms with Gasteiger partial charge in [0.2, 0.25) is 0 Å². The summed E-state index contributed by atoms with van der Waals surface area (Å²) in [5, 5.41) is 0. The lowest BCUT2D eigenvalue weighted by Gasteiger charge is -2.23. The van der Waals surface area contributed by atoms with Gasteiger partial charge in [0.25, 0.3) is 0 Å². The molecule has 0 rings (SSSR count). The van der Waals surface area contributed by atoms with Crippen LogP contribution in [0.1, 0.15) is 96.8 Å². The molecule has 0 saturated carbocycles. The van der Waals surface area contributed by atoms with Crippen molar-refractivity contribution in [2.24, 2.45) is 0 Å². The van der Waals surface area contributed by atoms with Crippen LogP contribution in [0.25, 0.3) is 0 Å². The van der Waals surface area contributed by atoms with Gasteiger partial charge in [0.05, 0.1) is 36.6 Å². The third-order valence-electron chi connectivity index (χ3n) is 4.24. The monoisotopic (exact) mass is 346 g/mol. The van der Waals surface area contributed by atoms with Crippen molar-refractivity contribution >= 4 is 8.81 Å². The van der Waals surface area contributed by atoms with Gasteiger partial charge >= 0.3 is 0 Å². The van der Waals surface area contributed by atoms with E-state index in [0.29, 0.717) is 8.81 Å². The first-order chi connectivity index (χ1) is 11.1. The van der Waals surface area contributed by atoms with Crippen molar-refractivity contribution < 1.29 is 9.01 Å². The van der Waals surface area contributed by atoms with E-state index in [-0.39, 0.29) is 0 Å². The van der Waals surface area contributed by atoms with E-state index in [1.54, 1.807) is 0 Å². The van der Waals surface area contributed by atoms with E-state index >= 15 is 0 Å². The summed E-state index contributed by atoms with van der Waals surface area (Å²) in [7, 11) is 7.34. The van der Waals surface area contributed by atoms with Crippen LogP contribution in [0.15, 0.2) is 0 Å². The van der Waals surface area contributed by atoms with E-state index in [1.807, 2.05) is 0 Å². The SMILES string of the molecule is CCCCCCCCCCCCCCCCOPC[N+](C)(C)C. The fourth-order valence-corrected chi connectivity index (χ4v) is 3.45. The molecule has 3 heteroatoms. The highest BCUT2D eigenvalue weighted by atomic mass is 31.1. The highest BCUT2D eigenvalue weighted by Gasteiger charge is 2.05. The fourth-order valence-electron chi connectivity index (χ4n) is 2.68. The highest BCUT2D eigenvalue weighted by molar-refractivity contribution is 7.31. The van der Waals surface area contributed by atoms with Gasteiger partial charge < -0.3 is 9.01 Å². The summed E-state index contributed by atoms with van der Waals surface area (Å²) in [6.45, 7) is 3.26. The van der Waals surface area contributed by atoms with Crippen LogP contribution in [0.3, 0.4) is 0 Å². The van der Waals surface area contributed by atoms with Crippen LogP contribution >= 0.6 is 8.81 Å². The van der Waals surface area contributed by atoms with Gasteiger partial charge in [0, 0.05) is 0 Å². The molecule has 0 radical (unpaired) electrons. The van der Waals surface area contributed by atoms with Crippen molar-refractivity contribution in [1.82, 2.24) is 0 Å². The Hall–Kier alpha value is 0.350. The molecule has 0 aliphatic rings. The summed E-state index contributed by atoms with van der Waals surface area (Å²) in [5.74, 6) is 0. The number of rotatable bonds is 18. The molecular weight excluding hydrogens is 301 g/mol. The maximum Gasteiger partial charge on any atom is 0.118 e. The van der Waals surface area contributed by atoms with Crippen LogP contribution < -0.4 is 0 Å². The molecule has 1 atom stereocenters. The van der Waals surface area contributed by atoms with Crippen molar-refractivity contribution in [3.05, 3.63) is 0 Å². The lowest BCUT2D eigenvalue weighted by molar-refractivity contribution is -0.858. The average molecular weight is 347 g/mol. The van der Waals surface area contributed by atoms with Crippen molar-refractivity contribution in [3.63, 3.8) is 0 Å². The zero-order valence-corrected chi connectivity index (χ0v) is 17.7. The Morgan fingerprint density at radius 2 is 1.00 bits per heavy atom. The maximum atomic E-state index is 5.73. The molecular formula is C20H45NOP+. The quantitative estimate of drug-likeness (QED) is 0.152. The molecule has 0 aliphatic heterocycles. The summed E-state index contributed by atoms with van der Waals surface area (Å²) in [6.07, 6.45) is 21.0. The summed E-state index contributed by atoms with van der Waals surface area (Å²) >= 11 is 0. The van der Waals surface area contributed by atoms with Gasteiger partial charge in [0.15, 0.2) is 0 Å². The molecule has 0 aromatic carbocycles. The van der Waals surface area contributed by atoms with E-state index in [2.05, 4.69) is 28.1 Å². The Morgan fingerprint density at radius 1 is 0.609 bits per heavy atom. The minimum absolute atomic E-state index is 0.667. The van der Waals surface area contributed by atoms with E-state index in [4.69, 9.17) is 4.52 Å². The van der Waals surface area contributed by atoms with Crippen LogP contribution in [0.2, 0.25) is 0 Å². The van der Waals surface area contributed by atoms with E-state index < -0.39 is 0 Å². The van der Waals surface area contributed by atoms with Crippen LogP contribution in [-0.4, -0.2) is 38.5 Å². The predicted molar refractivity (Wildman–Crippen MR) is 107 cm³/mol. The lowest BCUT2D eigenvalue weighted by atomic mass is 10.0. The van der Waals surface area contributed by atoms with Crippen molar-refractivity contribution in [1.29, 1.82) is 0 Å². The minimum Gasteiger partial charge on any atom is -0.357 e. The summed E-state index contributed by atoms with van der Waals surface area (Å²) < 4.78 is 6.74. The average Bonchev–Trinajstić information content (AvgIpc) is 2.49. The molecule has 0 N–H and O–H groups in total. The number of unbranched alkanes of at least 4 members (excludes halogenated alkanes) is 13. The number of quaternary nitrogens is 1. The molecule has 0 amide bonds. The second-order valence-electron chi connectivity index (χ2n) is 8.04. The molecule has 140 valence electrons. The zero-order valence-electron chi connectivity index (χ0n) is 16.7. The first kappa shape index (κ1) is 23.4. The van der Waals surface area contributed by atoms with E-state index in [0.717, 1.165) is 17.4 Å². The predicted octanol–water partition coefficient (Wildman–Crippen LogP) is 6.74. The van der Waals surface area contributed by atoms with Crippen molar-refractivity contribution in [3.8, 4) is 0 Å². The van der Waals surface area contributed by atoms with Gasteiger partial charge in [-0.1, -0.05) is 90.4 Å². The largest absolute Gasteiger partial charge is 0.357 e. The van der Waals surface area contributed by atoms with Gasteiger partial charge in [0.1, 0.15) is 6.29 Å². The van der Waals surface area contributed by atoms with E-state index in [1.165, 1.54) is 89.9 Å². The molecule has 1 unspecified atom stereocenters. The molecule has 0 aliphatic carbocycles. The molecule has 0 saturated heterocycles. The highest BCUT2D eigenvalue weighted by Crippen LogP contribution is 2.17. The molecule has 0 heterocycles. The van der Waals surface area contributed by atoms with Gasteiger partial charge in [-0.25, -0.2) is 0 Å². The fraction of sp³-hybridized carbons (Fsp3) is 1.00. The topological polar surface area (TPSA) is 9.23 Å². The van der Waals surface area contributed by atoms with Gasteiger partial charge in [-0.15, -0.1) is 0 Å². The van der Waals surface area contributed by atoms with Crippen molar-refractivity contribution in [2.45, 2.75) is 96.8 Å². The first-order valence-corrected chi connectivity index (χ1v) is 11.3. The molecule has 0 aromatic rings. The normalized spacial score (nSPS) is 12.5. The van der Waals surface area contributed by atoms with Gasteiger partial charge in [-0.3, -0.25) is 0 Å². The van der Waals surface area contributed by atoms with E-state index in [9.17, 15) is 0 Å². The smallest absolute Gasteiger partial charge is 0.118 e. The summed E-state index contributed by atoms with van der Waals surface area (Å²) in [5.41, 5.74) is 0. The van der Waals surface area contributed by atoms with Crippen LogP contribution in [0.5, 0.6) is 0 Å². The van der Waals surface area contributed by atoms with Crippen molar-refractivity contribution in [2.75, 3.05) is 34.0 Å². The third kappa shape index (κ3) is 22.4. The summed E-state index contributed by atoms with van der Waals surface area (Å²) in [6, 6.07) is 0. The number of hydrogen-bond donors (Lipinski definition) is 0.